The van der Waals surface area contributed by atoms with Gasteiger partial charge in [-0.1, -0.05) is 12.1 Å². The van der Waals surface area contributed by atoms with Gasteiger partial charge in [0.1, 0.15) is 0 Å². The van der Waals surface area contributed by atoms with Crippen LogP contribution in [0.1, 0.15) is 46.1 Å². The zero-order chi connectivity index (χ0) is 19.9. The summed E-state index contributed by atoms with van der Waals surface area (Å²) in [7, 11) is 0. The van der Waals surface area contributed by atoms with Crippen LogP contribution in [0.25, 0.3) is 0 Å². The first-order valence-corrected chi connectivity index (χ1v) is 9.81. The summed E-state index contributed by atoms with van der Waals surface area (Å²) in [5.41, 5.74) is 1.85. The van der Waals surface area contributed by atoms with Gasteiger partial charge >= 0.3 is 6.03 Å². The van der Waals surface area contributed by atoms with Gasteiger partial charge in [-0.3, -0.25) is 0 Å². The second-order valence-electron chi connectivity index (χ2n) is 6.48. The number of rotatable bonds is 11. The van der Waals surface area contributed by atoms with Crippen molar-refractivity contribution in [2.75, 3.05) is 31.6 Å². The average molecular weight is 505 g/mol. The van der Waals surface area contributed by atoms with Crippen molar-refractivity contribution in [2.45, 2.75) is 53.1 Å². The molecule has 0 fully saturated rings. The van der Waals surface area contributed by atoms with Gasteiger partial charge in [-0.05, 0) is 58.2 Å². The molecule has 0 aliphatic carbocycles. The van der Waals surface area contributed by atoms with E-state index in [2.05, 4.69) is 33.2 Å². The molecule has 0 radical (unpaired) electrons. The molecule has 0 aromatic heterocycles. The number of aliphatic imine (C=N–C) groups is 1. The Kier molecular flexibility index (Phi) is 15.5. The van der Waals surface area contributed by atoms with Gasteiger partial charge in [0.05, 0.1) is 6.54 Å². The van der Waals surface area contributed by atoms with E-state index in [0.29, 0.717) is 6.54 Å². The number of carbonyl (C=O) groups excluding carboxylic acids is 1. The molecule has 1 aromatic rings. The lowest BCUT2D eigenvalue weighted by atomic mass is 10.2. The Morgan fingerprint density at radius 1 is 1.11 bits per heavy atom. The Bertz CT molecular complexity index is 564. The summed E-state index contributed by atoms with van der Waals surface area (Å²) < 4.78 is 5.34. The predicted octanol–water partition coefficient (Wildman–Crippen LogP) is 3.71. The number of halogens is 1. The van der Waals surface area contributed by atoms with Crippen molar-refractivity contribution in [3.63, 3.8) is 0 Å². The van der Waals surface area contributed by atoms with Crippen LogP contribution >= 0.6 is 24.0 Å². The molecule has 0 aliphatic rings. The van der Waals surface area contributed by atoms with Crippen LogP contribution in [0, 0.1) is 0 Å². The smallest absolute Gasteiger partial charge is 0.319 e. The van der Waals surface area contributed by atoms with Crippen LogP contribution in [0.3, 0.4) is 0 Å². The highest BCUT2D eigenvalue weighted by Crippen LogP contribution is 2.10. The maximum Gasteiger partial charge on any atom is 0.319 e. The predicted molar refractivity (Wildman–Crippen MR) is 128 cm³/mol. The molecule has 1 rings (SSSR count). The SMILES string of the molecule is CCNC(=NCc1ccc(NC(=O)NC(C)C)cc1)NCCCCOCC.I. The molecule has 28 heavy (non-hydrogen) atoms. The molecular formula is C20H36IN5O2. The number of hydrogen-bond donors (Lipinski definition) is 4. The Balaban J connectivity index is 0.00000729. The summed E-state index contributed by atoms with van der Waals surface area (Å²) in [6, 6.07) is 7.63. The van der Waals surface area contributed by atoms with Crippen molar-refractivity contribution in [1.82, 2.24) is 16.0 Å². The number of nitrogens with zero attached hydrogens (tertiary/aromatic N) is 1. The van der Waals surface area contributed by atoms with E-state index in [1.54, 1.807) is 0 Å². The summed E-state index contributed by atoms with van der Waals surface area (Å²) in [6.45, 7) is 11.8. The summed E-state index contributed by atoms with van der Waals surface area (Å²) in [6.07, 6.45) is 2.09. The third-order valence-corrected chi connectivity index (χ3v) is 3.61. The molecule has 0 spiro atoms. The number of carbonyl (C=O) groups is 1. The minimum Gasteiger partial charge on any atom is -0.382 e. The third kappa shape index (κ3) is 12.8. The van der Waals surface area contributed by atoms with Gasteiger partial charge in [-0.15, -0.1) is 24.0 Å². The highest BCUT2D eigenvalue weighted by atomic mass is 127. The summed E-state index contributed by atoms with van der Waals surface area (Å²) >= 11 is 0. The molecule has 7 nitrogen and oxygen atoms in total. The molecule has 0 saturated carbocycles. The zero-order valence-corrected chi connectivity index (χ0v) is 19.8. The topological polar surface area (TPSA) is 86.8 Å². The summed E-state index contributed by atoms with van der Waals surface area (Å²) in [5.74, 6) is 0.812. The van der Waals surface area contributed by atoms with E-state index in [1.807, 2.05) is 45.0 Å². The lowest BCUT2D eigenvalue weighted by molar-refractivity contribution is 0.143. The first-order chi connectivity index (χ1) is 13.0. The molecule has 4 N–H and O–H groups in total. The fraction of sp³-hybridized carbons (Fsp3) is 0.600. The van der Waals surface area contributed by atoms with Crippen molar-refractivity contribution < 1.29 is 9.53 Å². The van der Waals surface area contributed by atoms with Crippen molar-refractivity contribution in [3.05, 3.63) is 29.8 Å². The van der Waals surface area contributed by atoms with Crippen molar-refractivity contribution >= 4 is 41.7 Å². The highest BCUT2D eigenvalue weighted by Gasteiger charge is 2.03. The van der Waals surface area contributed by atoms with Crippen LogP contribution in [0.15, 0.2) is 29.3 Å². The number of ether oxygens (including phenoxy) is 1. The molecule has 8 heteroatoms. The quantitative estimate of drug-likeness (QED) is 0.160. The standard InChI is InChI=1S/C20H35N5O2.HI/c1-5-21-19(22-13-7-8-14-27-6-2)23-15-17-9-11-18(12-10-17)25-20(26)24-16(3)4;/h9-12,16H,5-8,13-15H2,1-4H3,(H2,21,22,23)(H2,24,25,26);1H. The van der Waals surface area contributed by atoms with Gasteiger partial charge in [0, 0.05) is 38.0 Å². The zero-order valence-electron chi connectivity index (χ0n) is 17.5. The maximum absolute atomic E-state index is 11.7. The number of anilines is 1. The average Bonchev–Trinajstić information content (AvgIpc) is 2.63. The van der Waals surface area contributed by atoms with Crippen LogP contribution in [0.4, 0.5) is 10.5 Å². The van der Waals surface area contributed by atoms with Crippen molar-refractivity contribution in [1.29, 1.82) is 0 Å². The lowest BCUT2D eigenvalue weighted by Gasteiger charge is -2.12. The first kappa shape index (κ1) is 26.4. The molecule has 2 amide bonds. The third-order valence-electron chi connectivity index (χ3n) is 3.61. The molecule has 0 heterocycles. The normalized spacial score (nSPS) is 11.0. The van der Waals surface area contributed by atoms with Crippen LogP contribution in [-0.2, 0) is 11.3 Å². The monoisotopic (exact) mass is 505 g/mol. The molecule has 1 aromatic carbocycles. The number of unbranched alkanes of at least 4 members (excludes halogenated alkanes) is 1. The van der Waals surface area contributed by atoms with E-state index in [0.717, 1.165) is 56.4 Å². The maximum atomic E-state index is 11.7. The number of nitrogens with one attached hydrogen (secondary N) is 4. The number of urea groups is 1. The van der Waals surface area contributed by atoms with Gasteiger partial charge in [0.25, 0.3) is 0 Å². The number of amides is 2. The minimum absolute atomic E-state index is 0. The van der Waals surface area contributed by atoms with E-state index >= 15 is 0 Å². The van der Waals surface area contributed by atoms with E-state index in [1.165, 1.54) is 0 Å². The Labute approximate surface area is 186 Å². The molecule has 0 saturated heterocycles. The van der Waals surface area contributed by atoms with E-state index in [-0.39, 0.29) is 36.0 Å². The minimum atomic E-state index is -0.196. The van der Waals surface area contributed by atoms with Gasteiger partial charge < -0.3 is 26.0 Å². The Morgan fingerprint density at radius 2 is 1.82 bits per heavy atom. The van der Waals surface area contributed by atoms with Gasteiger partial charge in [-0.25, -0.2) is 9.79 Å². The molecule has 0 unspecified atom stereocenters. The number of hydrogen-bond acceptors (Lipinski definition) is 3. The molecule has 0 bridgehead atoms. The highest BCUT2D eigenvalue weighted by molar-refractivity contribution is 14.0. The van der Waals surface area contributed by atoms with Crippen LogP contribution < -0.4 is 21.3 Å². The fourth-order valence-corrected chi connectivity index (χ4v) is 2.32. The number of benzene rings is 1. The van der Waals surface area contributed by atoms with Crippen LogP contribution in [-0.4, -0.2) is 44.3 Å². The summed E-state index contributed by atoms with van der Waals surface area (Å²) in [5, 5.41) is 12.2. The van der Waals surface area contributed by atoms with E-state index in [4.69, 9.17) is 4.74 Å². The molecule has 0 aliphatic heterocycles. The Hall–Kier alpha value is -1.55. The second kappa shape index (κ2) is 16.4. The first-order valence-electron chi connectivity index (χ1n) is 9.81. The van der Waals surface area contributed by atoms with Gasteiger partial charge in [-0.2, -0.15) is 0 Å². The Morgan fingerprint density at radius 3 is 2.43 bits per heavy atom. The molecule has 0 atom stereocenters. The summed E-state index contributed by atoms with van der Waals surface area (Å²) in [4.78, 5) is 16.3. The van der Waals surface area contributed by atoms with Crippen LogP contribution in [0.5, 0.6) is 0 Å². The molecular weight excluding hydrogens is 469 g/mol. The van der Waals surface area contributed by atoms with Crippen molar-refractivity contribution in [2.24, 2.45) is 4.99 Å². The van der Waals surface area contributed by atoms with Gasteiger partial charge in [0.2, 0.25) is 0 Å². The molecule has 160 valence electrons. The fourth-order valence-electron chi connectivity index (χ4n) is 2.32. The lowest BCUT2D eigenvalue weighted by Crippen LogP contribution is -2.37. The van der Waals surface area contributed by atoms with Gasteiger partial charge in [0.15, 0.2) is 5.96 Å². The largest absolute Gasteiger partial charge is 0.382 e. The second-order valence-corrected chi connectivity index (χ2v) is 6.48. The van der Waals surface area contributed by atoms with Crippen molar-refractivity contribution in [3.8, 4) is 0 Å². The van der Waals surface area contributed by atoms with Crippen LogP contribution in [0.2, 0.25) is 0 Å². The number of guanidine groups is 1. The van der Waals surface area contributed by atoms with E-state index < -0.39 is 0 Å². The van der Waals surface area contributed by atoms with E-state index in [9.17, 15) is 4.79 Å².